The molecule has 2 aliphatic rings. The van der Waals surface area contributed by atoms with Crippen molar-refractivity contribution in [2.45, 2.75) is 19.0 Å². The van der Waals surface area contributed by atoms with Crippen LogP contribution >= 0.6 is 0 Å². The Kier molecular flexibility index (Phi) is 6.82. The van der Waals surface area contributed by atoms with E-state index in [4.69, 9.17) is 0 Å². The van der Waals surface area contributed by atoms with Crippen molar-refractivity contribution in [1.29, 1.82) is 0 Å². The lowest BCUT2D eigenvalue weighted by atomic mass is 9.93. The van der Waals surface area contributed by atoms with Crippen LogP contribution in [0.25, 0.3) is 6.08 Å². The fourth-order valence-electron chi connectivity index (χ4n) is 3.66. The molecule has 3 nitrogen and oxygen atoms in total. The third kappa shape index (κ3) is 5.40. The molecule has 2 fully saturated rings. The summed E-state index contributed by atoms with van der Waals surface area (Å²) in [5, 5.41) is 3.32. The van der Waals surface area contributed by atoms with Crippen molar-refractivity contribution in [2.75, 3.05) is 52.4 Å². The molecule has 1 atom stereocenters. The van der Waals surface area contributed by atoms with E-state index < -0.39 is 6.17 Å². The summed E-state index contributed by atoms with van der Waals surface area (Å²) >= 11 is 0. The molecule has 1 N–H and O–H groups in total. The van der Waals surface area contributed by atoms with E-state index in [0.29, 0.717) is 6.54 Å². The molecular formula is C20H30FN3. The molecule has 0 spiro atoms. The summed E-state index contributed by atoms with van der Waals surface area (Å²) in [5.74, 6) is 0.262. The van der Waals surface area contributed by atoms with Gasteiger partial charge in [0.15, 0.2) is 0 Å². The average Bonchev–Trinajstić information content (AvgIpc) is 2.65. The zero-order valence-corrected chi connectivity index (χ0v) is 14.5. The molecule has 0 aromatic heterocycles. The fraction of sp³-hybridized carbons (Fsp3) is 0.600. The van der Waals surface area contributed by atoms with E-state index in [1.54, 1.807) is 0 Å². The third-order valence-corrected chi connectivity index (χ3v) is 5.27. The number of hydrogen-bond acceptors (Lipinski definition) is 3. The number of benzene rings is 1. The van der Waals surface area contributed by atoms with E-state index in [2.05, 4.69) is 51.5 Å². The molecule has 4 heteroatoms. The van der Waals surface area contributed by atoms with E-state index >= 15 is 0 Å². The van der Waals surface area contributed by atoms with Crippen LogP contribution in [-0.2, 0) is 0 Å². The Balaban J connectivity index is 1.35. The molecule has 2 heterocycles. The van der Waals surface area contributed by atoms with Crippen molar-refractivity contribution in [2.24, 2.45) is 5.92 Å². The van der Waals surface area contributed by atoms with Gasteiger partial charge in [-0.1, -0.05) is 42.5 Å². The molecule has 24 heavy (non-hydrogen) atoms. The first kappa shape index (κ1) is 17.6. The fourth-order valence-corrected chi connectivity index (χ4v) is 3.66. The zero-order chi connectivity index (χ0) is 16.6. The smallest absolute Gasteiger partial charge is 0.116 e. The summed E-state index contributed by atoms with van der Waals surface area (Å²) < 4.78 is 14.5. The third-order valence-electron chi connectivity index (χ3n) is 5.27. The quantitative estimate of drug-likeness (QED) is 0.864. The van der Waals surface area contributed by atoms with E-state index in [1.807, 2.05) is 6.07 Å². The molecule has 1 aromatic rings. The molecule has 1 aromatic carbocycles. The first-order valence-electron chi connectivity index (χ1n) is 9.32. The Bertz CT molecular complexity index is 491. The van der Waals surface area contributed by atoms with Crippen LogP contribution in [0, 0.1) is 5.92 Å². The lowest BCUT2D eigenvalue weighted by Gasteiger charge is -2.36. The molecule has 2 aliphatic heterocycles. The van der Waals surface area contributed by atoms with Gasteiger partial charge in [-0.25, -0.2) is 4.39 Å². The predicted molar refractivity (Wildman–Crippen MR) is 98.8 cm³/mol. The number of rotatable bonds is 6. The first-order valence-corrected chi connectivity index (χ1v) is 9.32. The van der Waals surface area contributed by atoms with Gasteiger partial charge in [0.25, 0.3) is 0 Å². The van der Waals surface area contributed by atoms with Gasteiger partial charge in [0.1, 0.15) is 6.17 Å². The minimum atomic E-state index is -0.656. The normalized spacial score (nSPS) is 22.9. The number of nitrogens with zero attached hydrogens (tertiary/aromatic N) is 2. The van der Waals surface area contributed by atoms with Crippen LogP contribution in [0.3, 0.4) is 0 Å². The van der Waals surface area contributed by atoms with Gasteiger partial charge in [0, 0.05) is 39.3 Å². The Morgan fingerprint density at radius 1 is 1.04 bits per heavy atom. The second kappa shape index (κ2) is 9.30. The molecule has 2 saturated heterocycles. The monoisotopic (exact) mass is 331 g/mol. The molecule has 1 unspecified atom stereocenters. The minimum Gasteiger partial charge on any atom is -0.317 e. The molecule has 0 amide bonds. The van der Waals surface area contributed by atoms with Crippen LogP contribution in [0.4, 0.5) is 4.39 Å². The Labute approximate surface area is 145 Å². The lowest BCUT2D eigenvalue weighted by Crippen LogP contribution is -2.49. The number of alkyl halides is 1. The van der Waals surface area contributed by atoms with Gasteiger partial charge in [-0.2, -0.15) is 0 Å². The SMILES string of the molecule is FC(CN1CCN(C/C=C/c2ccccc2)CC1)C1CCNCC1. The van der Waals surface area contributed by atoms with E-state index in [0.717, 1.165) is 58.7 Å². The summed E-state index contributed by atoms with van der Waals surface area (Å²) in [7, 11) is 0. The largest absolute Gasteiger partial charge is 0.317 e. The molecule has 0 bridgehead atoms. The van der Waals surface area contributed by atoms with Crippen molar-refractivity contribution < 1.29 is 4.39 Å². The van der Waals surface area contributed by atoms with Crippen molar-refractivity contribution >= 4 is 6.08 Å². The topological polar surface area (TPSA) is 18.5 Å². The van der Waals surface area contributed by atoms with Crippen LogP contribution in [0.15, 0.2) is 36.4 Å². The number of nitrogens with one attached hydrogen (secondary N) is 1. The lowest BCUT2D eigenvalue weighted by molar-refractivity contribution is 0.0846. The highest BCUT2D eigenvalue weighted by atomic mass is 19.1. The van der Waals surface area contributed by atoms with Crippen molar-refractivity contribution in [1.82, 2.24) is 15.1 Å². The maximum atomic E-state index is 14.5. The van der Waals surface area contributed by atoms with Crippen LogP contribution in [0.5, 0.6) is 0 Å². The van der Waals surface area contributed by atoms with Crippen LogP contribution < -0.4 is 5.32 Å². The van der Waals surface area contributed by atoms with Crippen LogP contribution in [0.2, 0.25) is 0 Å². The molecule has 3 rings (SSSR count). The number of hydrogen-bond donors (Lipinski definition) is 1. The van der Waals surface area contributed by atoms with Gasteiger partial charge in [0.2, 0.25) is 0 Å². The summed E-state index contributed by atoms with van der Waals surface area (Å²) in [5.41, 5.74) is 1.25. The van der Waals surface area contributed by atoms with E-state index in [1.165, 1.54) is 5.56 Å². The highest BCUT2D eigenvalue weighted by Gasteiger charge is 2.26. The van der Waals surface area contributed by atoms with Crippen LogP contribution in [-0.4, -0.2) is 68.3 Å². The zero-order valence-electron chi connectivity index (χ0n) is 14.5. The summed E-state index contributed by atoms with van der Waals surface area (Å²) in [6.45, 7) is 7.62. The molecule has 132 valence electrons. The standard InChI is InChI=1S/C20H30FN3/c21-20(19-8-10-22-11-9-19)17-24-15-13-23(14-16-24)12-4-7-18-5-2-1-3-6-18/h1-7,19-20,22H,8-17H2/b7-4+. The second-order valence-corrected chi connectivity index (χ2v) is 7.02. The molecule has 0 radical (unpaired) electrons. The maximum Gasteiger partial charge on any atom is 0.116 e. The number of piperidine rings is 1. The Morgan fingerprint density at radius 3 is 2.42 bits per heavy atom. The molecular weight excluding hydrogens is 301 g/mol. The Hall–Kier alpha value is -1.23. The number of piperazine rings is 1. The highest BCUT2D eigenvalue weighted by molar-refractivity contribution is 5.48. The summed E-state index contributed by atoms with van der Waals surface area (Å²) in [6, 6.07) is 10.4. The van der Waals surface area contributed by atoms with Crippen molar-refractivity contribution in [3.63, 3.8) is 0 Å². The maximum absolute atomic E-state index is 14.5. The second-order valence-electron chi connectivity index (χ2n) is 7.02. The van der Waals surface area contributed by atoms with Gasteiger partial charge >= 0.3 is 0 Å². The first-order chi connectivity index (χ1) is 11.8. The highest BCUT2D eigenvalue weighted by Crippen LogP contribution is 2.20. The summed E-state index contributed by atoms with van der Waals surface area (Å²) in [6.07, 6.45) is 5.74. The van der Waals surface area contributed by atoms with Gasteiger partial charge < -0.3 is 5.32 Å². The Morgan fingerprint density at radius 2 is 1.71 bits per heavy atom. The number of halogens is 1. The van der Waals surface area contributed by atoms with Gasteiger partial charge in [0.05, 0.1) is 0 Å². The minimum absolute atomic E-state index is 0.262. The predicted octanol–water partition coefficient (Wildman–Crippen LogP) is 2.66. The van der Waals surface area contributed by atoms with Crippen LogP contribution in [0.1, 0.15) is 18.4 Å². The van der Waals surface area contributed by atoms with E-state index in [9.17, 15) is 4.39 Å². The van der Waals surface area contributed by atoms with Gasteiger partial charge in [-0.15, -0.1) is 0 Å². The average molecular weight is 331 g/mol. The molecule has 0 saturated carbocycles. The summed E-state index contributed by atoms with van der Waals surface area (Å²) in [4.78, 5) is 4.76. The van der Waals surface area contributed by atoms with Crippen molar-refractivity contribution in [3.8, 4) is 0 Å². The van der Waals surface area contributed by atoms with Gasteiger partial charge in [-0.05, 0) is 37.4 Å². The van der Waals surface area contributed by atoms with E-state index in [-0.39, 0.29) is 5.92 Å². The van der Waals surface area contributed by atoms with Gasteiger partial charge in [-0.3, -0.25) is 9.80 Å². The molecule has 0 aliphatic carbocycles. The van der Waals surface area contributed by atoms with Crippen molar-refractivity contribution in [3.05, 3.63) is 42.0 Å².